The van der Waals surface area contributed by atoms with Crippen LogP contribution < -0.4 is 15.8 Å². The topological polar surface area (TPSA) is 109 Å². The lowest BCUT2D eigenvalue weighted by Crippen LogP contribution is -2.30. The highest BCUT2D eigenvalue weighted by atomic mass is 16.2. The second-order valence-corrected chi connectivity index (χ2v) is 6.71. The normalized spacial score (nSPS) is 13.6. The van der Waals surface area contributed by atoms with Crippen LogP contribution in [0.3, 0.4) is 0 Å². The van der Waals surface area contributed by atoms with Gasteiger partial charge >= 0.3 is 0 Å². The summed E-state index contributed by atoms with van der Waals surface area (Å²) in [7, 11) is 0. The van der Waals surface area contributed by atoms with Crippen molar-refractivity contribution in [3.8, 4) is 0 Å². The van der Waals surface area contributed by atoms with Gasteiger partial charge in [-0.05, 0) is 30.5 Å². The highest BCUT2D eigenvalue weighted by Gasteiger charge is 2.14. The minimum Gasteiger partial charge on any atom is -0.372 e. The van der Waals surface area contributed by atoms with Crippen LogP contribution >= 0.6 is 0 Å². The smallest absolute Gasteiger partial charge is 0.263 e. The monoisotopic (exact) mass is 379 g/mol. The van der Waals surface area contributed by atoms with Gasteiger partial charge in [-0.3, -0.25) is 9.59 Å². The maximum Gasteiger partial charge on any atom is 0.263 e. The molecule has 28 heavy (non-hydrogen) atoms. The number of carbonyl (C=O) groups excluding carboxylic acids is 1. The Morgan fingerprint density at radius 3 is 2.86 bits per heavy atom. The summed E-state index contributed by atoms with van der Waals surface area (Å²) < 4.78 is 1.53. The molecule has 2 N–H and O–H groups in total. The number of aromatic nitrogens is 5. The van der Waals surface area contributed by atoms with Crippen molar-refractivity contribution in [1.29, 1.82) is 0 Å². The highest BCUT2D eigenvalue weighted by Crippen LogP contribution is 2.21. The molecule has 1 aromatic carbocycles. The zero-order valence-electron chi connectivity index (χ0n) is 15.3. The highest BCUT2D eigenvalue weighted by molar-refractivity contribution is 5.93. The molecule has 3 heterocycles. The van der Waals surface area contributed by atoms with Crippen molar-refractivity contribution in [2.24, 2.45) is 0 Å². The lowest BCUT2D eigenvalue weighted by atomic mass is 10.2. The van der Waals surface area contributed by atoms with Gasteiger partial charge in [0.2, 0.25) is 0 Å². The molecule has 9 heteroatoms. The van der Waals surface area contributed by atoms with Crippen LogP contribution in [0.4, 0.5) is 5.69 Å². The third-order valence-corrected chi connectivity index (χ3v) is 4.71. The molecule has 1 aliphatic rings. The number of H-pyrrole nitrogens is 1. The van der Waals surface area contributed by atoms with Gasteiger partial charge in [0.1, 0.15) is 30.6 Å². The van der Waals surface area contributed by atoms with Gasteiger partial charge in [0.05, 0.1) is 0 Å². The fourth-order valence-electron chi connectivity index (χ4n) is 3.26. The van der Waals surface area contributed by atoms with E-state index in [0.717, 1.165) is 18.7 Å². The lowest BCUT2D eigenvalue weighted by Gasteiger charge is -2.18. The molecule has 144 valence electrons. The molecule has 3 aromatic rings. The molecule has 0 bridgehead atoms. The van der Waals surface area contributed by atoms with Crippen molar-refractivity contribution in [3.05, 3.63) is 70.4 Å². The zero-order chi connectivity index (χ0) is 19.3. The molecule has 0 saturated carbocycles. The zero-order valence-corrected chi connectivity index (χ0v) is 15.3. The van der Waals surface area contributed by atoms with Gasteiger partial charge in [-0.2, -0.15) is 5.10 Å². The largest absolute Gasteiger partial charge is 0.372 e. The van der Waals surface area contributed by atoms with E-state index in [1.807, 2.05) is 12.1 Å². The second kappa shape index (κ2) is 8.03. The summed E-state index contributed by atoms with van der Waals surface area (Å²) in [6.07, 6.45) is 6.64. The Labute approximate surface area is 161 Å². The van der Waals surface area contributed by atoms with E-state index in [1.165, 1.54) is 42.1 Å². The maximum absolute atomic E-state index is 12.4. The van der Waals surface area contributed by atoms with Crippen molar-refractivity contribution in [2.75, 3.05) is 18.0 Å². The van der Waals surface area contributed by atoms with Gasteiger partial charge < -0.3 is 15.2 Å². The second-order valence-electron chi connectivity index (χ2n) is 6.71. The van der Waals surface area contributed by atoms with Crippen molar-refractivity contribution in [1.82, 2.24) is 30.0 Å². The predicted octanol–water partition coefficient (Wildman–Crippen LogP) is 0.940. The molecular weight excluding hydrogens is 358 g/mol. The van der Waals surface area contributed by atoms with Crippen LogP contribution in [0.25, 0.3) is 0 Å². The molecule has 0 aliphatic carbocycles. The molecule has 4 rings (SSSR count). The number of carbonyl (C=O) groups is 1. The number of aromatic amines is 1. The number of nitrogens with one attached hydrogen (secondary N) is 2. The van der Waals surface area contributed by atoms with E-state index < -0.39 is 11.5 Å². The van der Waals surface area contributed by atoms with Crippen molar-refractivity contribution < 1.29 is 4.79 Å². The SMILES string of the molecule is O=C(NCc1cccc(N2CCCC2)c1)c1cnc(Cn2cncn2)[nH]c1=O. The molecule has 0 spiro atoms. The molecule has 1 fully saturated rings. The van der Waals surface area contributed by atoms with Gasteiger partial charge in [0.25, 0.3) is 11.5 Å². The maximum atomic E-state index is 12.4. The lowest BCUT2D eigenvalue weighted by molar-refractivity contribution is 0.0949. The van der Waals surface area contributed by atoms with E-state index in [0.29, 0.717) is 12.4 Å². The number of benzene rings is 1. The summed E-state index contributed by atoms with van der Waals surface area (Å²) in [6, 6.07) is 8.11. The molecular formula is C19H21N7O2. The Balaban J connectivity index is 1.40. The van der Waals surface area contributed by atoms with Crippen molar-refractivity contribution >= 4 is 11.6 Å². The predicted molar refractivity (Wildman–Crippen MR) is 103 cm³/mol. The summed E-state index contributed by atoms with van der Waals surface area (Å²) in [5, 5.41) is 6.75. The first-order valence-electron chi connectivity index (χ1n) is 9.22. The van der Waals surface area contributed by atoms with Gasteiger partial charge in [0, 0.05) is 31.5 Å². The number of anilines is 1. The Bertz CT molecular complexity index is 1010. The fraction of sp³-hybridized carbons (Fsp3) is 0.316. The molecule has 1 amide bonds. The summed E-state index contributed by atoms with van der Waals surface area (Å²) in [5.41, 5.74) is 1.66. The summed E-state index contributed by atoms with van der Waals surface area (Å²) in [4.78, 5) is 37.6. The Morgan fingerprint density at radius 2 is 2.11 bits per heavy atom. The number of nitrogens with zero attached hydrogens (tertiary/aromatic N) is 5. The third kappa shape index (κ3) is 4.08. The van der Waals surface area contributed by atoms with Crippen LogP contribution in [0.2, 0.25) is 0 Å². The van der Waals surface area contributed by atoms with Gasteiger partial charge in [-0.15, -0.1) is 0 Å². The summed E-state index contributed by atoms with van der Waals surface area (Å²) in [5.74, 6) is -0.0435. The Hall–Kier alpha value is -3.49. The van der Waals surface area contributed by atoms with E-state index in [2.05, 4.69) is 42.4 Å². The number of hydrogen-bond acceptors (Lipinski definition) is 6. The molecule has 0 radical (unpaired) electrons. The van der Waals surface area contributed by atoms with Crippen LogP contribution in [0, 0.1) is 0 Å². The van der Waals surface area contributed by atoms with Crippen LogP contribution in [0.5, 0.6) is 0 Å². The van der Waals surface area contributed by atoms with Gasteiger partial charge in [-0.1, -0.05) is 12.1 Å². The minimum absolute atomic E-state index is 0.0157. The van der Waals surface area contributed by atoms with Gasteiger partial charge in [0.15, 0.2) is 0 Å². The average molecular weight is 379 g/mol. The van der Waals surface area contributed by atoms with Crippen molar-refractivity contribution in [2.45, 2.75) is 25.9 Å². The molecule has 1 aliphatic heterocycles. The Kier molecular flexibility index (Phi) is 5.14. The van der Waals surface area contributed by atoms with Crippen LogP contribution in [-0.2, 0) is 13.1 Å². The molecule has 0 atom stereocenters. The quantitative estimate of drug-likeness (QED) is 0.660. The number of amides is 1. The molecule has 0 unspecified atom stereocenters. The first kappa shape index (κ1) is 17.9. The van der Waals surface area contributed by atoms with E-state index >= 15 is 0 Å². The van der Waals surface area contributed by atoms with E-state index in [-0.39, 0.29) is 12.1 Å². The number of rotatable bonds is 6. The molecule has 1 saturated heterocycles. The first-order chi connectivity index (χ1) is 13.7. The summed E-state index contributed by atoms with van der Waals surface area (Å²) in [6.45, 7) is 2.76. The van der Waals surface area contributed by atoms with E-state index in [1.54, 1.807) is 0 Å². The van der Waals surface area contributed by atoms with Crippen molar-refractivity contribution in [3.63, 3.8) is 0 Å². The molecule has 2 aromatic heterocycles. The Morgan fingerprint density at radius 1 is 1.25 bits per heavy atom. The van der Waals surface area contributed by atoms with Gasteiger partial charge in [-0.25, -0.2) is 14.6 Å². The van der Waals surface area contributed by atoms with Crippen LogP contribution in [0.15, 0.2) is 47.9 Å². The minimum atomic E-state index is -0.478. The fourth-order valence-corrected chi connectivity index (χ4v) is 3.26. The van der Waals surface area contributed by atoms with E-state index in [9.17, 15) is 9.59 Å². The average Bonchev–Trinajstić information content (AvgIpc) is 3.41. The van der Waals surface area contributed by atoms with Crippen LogP contribution in [-0.4, -0.2) is 43.7 Å². The number of hydrogen-bond donors (Lipinski definition) is 2. The summed E-state index contributed by atoms with van der Waals surface area (Å²) >= 11 is 0. The molecule has 9 nitrogen and oxygen atoms in total. The third-order valence-electron chi connectivity index (χ3n) is 4.71. The first-order valence-corrected chi connectivity index (χ1v) is 9.22. The van der Waals surface area contributed by atoms with Crippen LogP contribution in [0.1, 0.15) is 34.6 Å². The standard InChI is InChI=1S/C19H21N7O2/c27-18(16-10-21-17(24-19(16)28)11-26-13-20-12-23-26)22-9-14-4-3-5-15(8-14)25-6-1-2-7-25/h3-5,8,10,12-13H,1-2,6-7,9,11H2,(H,22,27)(H,21,24,28). The van der Waals surface area contributed by atoms with E-state index in [4.69, 9.17) is 0 Å².